The summed E-state index contributed by atoms with van der Waals surface area (Å²) >= 11 is 0. The van der Waals surface area contributed by atoms with Gasteiger partial charge in [0.25, 0.3) is 5.91 Å². The van der Waals surface area contributed by atoms with Crippen molar-refractivity contribution in [2.24, 2.45) is 11.7 Å². The monoisotopic (exact) mass is 382 g/mol. The highest BCUT2D eigenvalue weighted by molar-refractivity contribution is 5.96. The molecular formula is C23H30N2O3. The number of nitrogens with two attached hydrogens (primary N) is 1. The second-order valence-electron chi connectivity index (χ2n) is 9.56. The highest BCUT2D eigenvalue weighted by Gasteiger charge is 2.64. The van der Waals surface area contributed by atoms with Gasteiger partial charge in [0.05, 0.1) is 11.2 Å². The summed E-state index contributed by atoms with van der Waals surface area (Å²) in [6.45, 7) is 6.20. The normalized spacial score (nSPS) is 35.0. The molecule has 150 valence electrons. The van der Waals surface area contributed by atoms with Crippen LogP contribution >= 0.6 is 0 Å². The van der Waals surface area contributed by atoms with Crippen molar-refractivity contribution in [2.45, 2.75) is 68.4 Å². The summed E-state index contributed by atoms with van der Waals surface area (Å²) in [6.07, 6.45) is 7.54. The maximum Gasteiger partial charge on any atom is 0.252 e. The number of aromatic hydroxyl groups is 1. The second-order valence-corrected chi connectivity index (χ2v) is 9.56. The first-order valence-electron chi connectivity index (χ1n) is 10.6. The van der Waals surface area contributed by atoms with E-state index in [0.717, 1.165) is 48.5 Å². The summed E-state index contributed by atoms with van der Waals surface area (Å²) in [6, 6.07) is 3.63. The zero-order valence-electron chi connectivity index (χ0n) is 16.4. The van der Waals surface area contributed by atoms with Gasteiger partial charge < -0.3 is 15.9 Å². The number of piperidine rings is 1. The fourth-order valence-electron chi connectivity index (χ4n) is 6.56. The third kappa shape index (κ3) is 2.29. The van der Waals surface area contributed by atoms with Crippen LogP contribution in [0.15, 0.2) is 24.3 Å². The molecule has 0 spiro atoms. The average Bonchev–Trinajstić information content (AvgIpc) is 2.59. The minimum Gasteiger partial charge on any atom is -0.507 e. The van der Waals surface area contributed by atoms with Crippen molar-refractivity contribution in [1.29, 1.82) is 0 Å². The molecule has 1 saturated heterocycles. The number of amides is 1. The van der Waals surface area contributed by atoms with Crippen LogP contribution in [0, 0.1) is 5.92 Å². The molecule has 1 unspecified atom stereocenters. The molecule has 5 heteroatoms. The Labute approximate surface area is 166 Å². The van der Waals surface area contributed by atoms with E-state index in [1.54, 1.807) is 6.07 Å². The van der Waals surface area contributed by atoms with Gasteiger partial charge in [-0.2, -0.15) is 0 Å². The second kappa shape index (κ2) is 6.07. The SMILES string of the molecule is C=C1CC[C@@]2(O)[C@H]3Cc4ccc(C(N)=O)c(O)c4C2(CCN3CC2CCC2)C1. The molecule has 1 aromatic carbocycles. The number of likely N-dealkylation sites (tertiary alicyclic amines) is 1. The van der Waals surface area contributed by atoms with Crippen LogP contribution in [0.4, 0.5) is 0 Å². The van der Waals surface area contributed by atoms with E-state index < -0.39 is 16.9 Å². The lowest BCUT2D eigenvalue weighted by Crippen LogP contribution is -2.73. The summed E-state index contributed by atoms with van der Waals surface area (Å²) in [5.41, 5.74) is 7.11. The van der Waals surface area contributed by atoms with E-state index in [9.17, 15) is 15.0 Å². The quantitative estimate of drug-likeness (QED) is 0.702. The number of rotatable bonds is 3. The van der Waals surface area contributed by atoms with Crippen LogP contribution < -0.4 is 5.73 Å². The van der Waals surface area contributed by atoms with E-state index in [1.165, 1.54) is 19.3 Å². The van der Waals surface area contributed by atoms with Crippen molar-refractivity contribution in [3.8, 4) is 5.75 Å². The summed E-state index contributed by atoms with van der Waals surface area (Å²) < 4.78 is 0. The van der Waals surface area contributed by atoms with Crippen LogP contribution in [0.5, 0.6) is 5.75 Å². The van der Waals surface area contributed by atoms with Crippen LogP contribution in [0.1, 0.15) is 66.4 Å². The van der Waals surface area contributed by atoms with Gasteiger partial charge in [0.2, 0.25) is 0 Å². The standard InChI is InChI=1S/C23H30N2O3/c1-14-7-8-23(28)18-11-16-5-6-17(21(24)27)20(26)19(16)22(23,12-14)9-10-25(18)13-15-3-2-4-15/h5-6,15,18,26,28H,1-4,7-13H2,(H2,24,27)/t18-,22?,23-/m1/s1. The number of primary amides is 1. The third-order valence-electron chi connectivity index (χ3n) is 8.20. The number of allylic oxidation sites excluding steroid dienone is 1. The van der Waals surface area contributed by atoms with Crippen LogP contribution in [-0.4, -0.2) is 45.8 Å². The molecule has 1 amide bonds. The van der Waals surface area contributed by atoms with E-state index in [2.05, 4.69) is 11.5 Å². The van der Waals surface area contributed by atoms with Gasteiger partial charge >= 0.3 is 0 Å². The molecule has 1 aromatic rings. The topological polar surface area (TPSA) is 86.8 Å². The zero-order chi connectivity index (χ0) is 19.7. The molecule has 3 aliphatic carbocycles. The number of benzene rings is 1. The highest BCUT2D eigenvalue weighted by atomic mass is 16.3. The van der Waals surface area contributed by atoms with Gasteiger partial charge in [0.1, 0.15) is 5.75 Å². The number of fused-ring (bicyclic) bond motifs is 1. The summed E-state index contributed by atoms with van der Waals surface area (Å²) in [5, 5.41) is 23.2. The van der Waals surface area contributed by atoms with E-state index in [0.29, 0.717) is 19.3 Å². The first-order chi connectivity index (χ1) is 13.4. The summed E-state index contributed by atoms with van der Waals surface area (Å²) in [5.74, 6) is 0.102. The lowest BCUT2D eigenvalue weighted by molar-refractivity contribution is -0.162. The number of carbonyl (C=O) groups excluding carboxylic acids is 1. The molecule has 1 heterocycles. The molecule has 0 aromatic heterocycles. The molecule has 1 aliphatic heterocycles. The molecule has 28 heavy (non-hydrogen) atoms. The largest absolute Gasteiger partial charge is 0.507 e. The third-order valence-corrected chi connectivity index (χ3v) is 8.20. The number of carbonyl (C=O) groups is 1. The van der Waals surface area contributed by atoms with Crippen molar-refractivity contribution in [3.05, 3.63) is 41.0 Å². The maximum atomic E-state index is 12.1. The lowest BCUT2D eigenvalue weighted by Gasteiger charge is -2.64. The Morgan fingerprint density at radius 2 is 2.11 bits per heavy atom. The van der Waals surface area contributed by atoms with E-state index in [4.69, 9.17) is 5.73 Å². The molecule has 4 N–H and O–H groups in total. The molecular weight excluding hydrogens is 352 g/mol. The first kappa shape index (κ1) is 18.2. The van der Waals surface area contributed by atoms with Gasteiger partial charge in [-0.15, -0.1) is 0 Å². The Hall–Kier alpha value is -1.85. The van der Waals surface area contributed by atoms with Gasteiger partial charge in [-0.25, -0.2) is 0 Å². The van der Waals surface area contributed by atoms with Crippen molar-refractivity contribution in [2.75, 3.05) is 13.1 Å². The molecule has 5 nitrogen and oxygen atoms in total. The van der Waals surface area contributed by atoms with Crippen molar-refractivity contribution in [1.82, 2.24) is 4.90 Å². The van der Waals surface area contributed by atoms with Crippen LogP contribution in [0.25, 0.3) is 0 Å². The Kier molecular flexibility index (Phi) is 3.95. The minimum atomic E-state index is -0.906. The van der Waals surface area contributed by atoms with Crippen molar-refractivity contribution in [3.63, 3.8) is 0 Å². The van der Waals surface area contributed by atoms with Gasteiger partial charge in [-0.1, -0.05) is 24.6 Å². The van der Waals surface area contributed by atoms with E-state index >= 15 is 0 Å². The van der Waals surface area contributed by atoms with Crippen LogP contribution in [0.3, 0.4) is 0 Å². The Balaban J connectivity index is 1.66. The highest BCUT2D eigenvalue weighted by Crippen LogP contribution is 2.61. The first-order valence-corrected chi connectivity index (χ1v) is 10.6. The molecule has 0 radical (unpaired) electrons. The minimum absolute atomic E-state index is 0.0241. The summed E-state index contributed by atoms with van der Waals surface area (Å²) in [4.78, 5) is 14.4. The molecule has 3 atom stereocenters. The number of aliphatic hydroxyl groups is 1. The van der Waals surface area contributed by atoms with Crippen molar-refractivity contribution >= 4 is 5.91 Å². The predicted octanol–water partition coefficient (Wildman–Crippen LogP) is 2.63. The Morgan fingerprint density at radius 1 is 1.32 bits per heavy atom. The predicted molar refractivity (Wildman–Crippen MR) is 107 cm³/mol. The molecule has 2 saturated carbocycles. The van der Waals surface area contributed by atoms with E-state index in [1.807, 2.05) is 6.07 Å². The maximum absolute atomic E-state index is 12.1. The van der Waals surface area contributed by atoms with Gasteiger partial charge in [-0.05, 0) is 69.0 Å². The molecule has 3 fully saturated rings. The average molecular weight is 383 g/mol. The zero-order valence-corrected chi connectivity index (χ0v) is 16.4. The number of nitrogens with zero attached hydrogens (tertiary/aromatic N) is 1. The Morgan fingerprint density at radius 3 is 2.79 bits per heavy atom. The van der Waals surface area contributed by atoms with Gasteiger partial charge in [-0.3, -0.25) is 9.69 Å². The molecule has 4 aliphatic rings. The van der Waals surface area contributed by atoms with Crippen LogP contribution in [0.2, 0.25) is 0 Å². The van der Waals surface area contributed by atoms with Gasteiger partial charge in [0, 0.05) is 23.6 Å². The summed E-state index contributed by atoms with van der Waals surface area (Å²) in [7, 11) is 0. The van der Waals surface area contributed by atoms with E-state index in [-0.39, 0.29) is 17.4 Å². The van der Waals surface area contributed by atoms with Gasteiger partial charge in [0.15, 0.2) is 0 Å². The number of hydrogen-bond donors (Lipinski definition) is 3. The molecule has 5 rings (SSSR count). The fourth-order valence-corrected chi connectivity index (χ4v) is 6.56. The Bertz CT molecular complexity index is 862. The molecule has 2 bridgehead atoms. The lowest BCUT2D eigenvalue weighted by atomic mass is 9.48. The number of phenols is 1. The van der Waals surface area contributed by atoms with Crippen LogP contribution in [-0.2, 0) is 11.8 Å². The number of hydrogen-bond acceptors (Lipinski definition) is 4. The van der Waals surface area contributed by atoms with Crippen molar-refractivity contribution < 1.29 is 15.0 Å². The fraction of sp³-hybridized carbons (Fsp3) is 0.609. The smallest absolute Gasteiger partial charge is 0.252 e.